The van der Waals surface area contributed by atoms with Crippen LogP contribution in [0.3, 0.4) is 0 Å². The van der Waals surface area contributed by atoms with E-state index in [1.54, 1.807) is 25.3 Å². The van der Waals surface area contributed by atoms with Crippen LogP contribution < -0.4 is 9.64 Å². The molecule has 0 radical (unpaired) electrons. The quantitative estimate of drug-likeness (QED) is 0.759. The number of carbonyl (C=O) groups is 1. The molecule has 1 N–H and O–H groups in total. The summed E-state index contributed by atoms with van der Waals surface area (Å²) in [6.45, 7) is 4.53. The number of aromatic nitrogens is 3. The lowest BCUT2D eigenvalue weighted by Gasteiger charge is -2.20. The number of hydrogen-bond acceptors (Lipinski definition) is 5. The van der Waals surface area contributed by atoms with Crippen LogP contribution in [0.2, 0.25) is 0 Å². The van der Waals surface area contributed by atoms with Gasteiger partial charge >= 0.3 is 5.97 Å². The lowest BCUT2D eigenvalue weighted by molar-refractivity contribution is 0.0697. The third kappa shape index (κ3) is 2.96. The Morgan fingerprint density at radius 2 is 2.08 bits per heavy atom. The number of methoxy groups -OCH3 is 1. The normalized spacial score (nSPS) is 11.0. The summed E-state index contributed by atoms with van der Waals surface area (Å²) in [5, 5.41) is 9.16. The largest absolute Gasteiger partial charge is 0.496 e. The van der Waals surface area contributed by atoms with Gasteiger partial charge in [-0.05, 0) is 32.0 Å². The number of imidazole rings is 1. The minimum atomic E-state index is -0.959. The number of anilines is 1. The molecular formula is C19H22N4O3. The number of rotatable bonds is 5. The third-order valence-corrected chi connectivity index (χ3v) is 4.58. The Kier molecular flexibility index (Phi) is 4.54. The van der Waals surface area contributed by atoms with Crippen molar-refractivity contribution in [2.75, 3.05) is 19.1 Å². The van der Waals surface area contributed by atoms with Gasteiger partial charge in [0.05, 0.1) is 35.9 Å². The molecule has 0 amide bonds. The number of ether oxygens (including phenoxy) is 1. The summed E-state index contributed by atoms with van der Waals surface area (Å²) in [5.41, 5.74) is 4.67. The predicted molar refractivity (Wildman–Crippen MR) is 100 cm³/mol. The maximum absolute atomic E-state index is 11.2. The fourth-order valence-electron chi connectivity index (χ4n) is 3.19. The Labute approximate surface area is 151 Å². The van der Waals surface area contributed by atoms with Crippen LogP contribution in [-0.4, -0.2) is 39.8 Å². The lowest BCUT2D eigenvalue weighted by atomic mass is 10.1. The van der Waals surface area contributed by atoms with E-state index >= 15 is 0 Å². The minimum Gasteiger partial charge on any atom is -0.496 e. The molecular weight excluding hydrogens is 332 g/mol. The van der Waals surface area contributed by atoms with E-state index in [-0.39, 0.29) is 5.56 Å². The first-order valence-electron chi connectivity index (χ1n) is 8.23. The van der Waals surface area contributed by atoms with Crippen molar-refractivity contribution in [1.29, 1.82) is 0 Å². The molecule has 1 aromatic carbocycles. The zero-order chi connectivity index (χ0) is 19.0. The minimum absolute atomic E-state index is 0.227. The van der Waals surface area contributed by atoms with Crippen LogP contribution in [0.5, 0.6) is 5.75 Å². The highest BCUT2D eigenvalue weighted by molar-refractivity contribution is 5.93. The Balaban J connectivity index is 1.97. The molecule has 0 aliphatic heterocycles. The second-order valence-corrected chi connectivity index (χ2v) is 6.38. The Hall–Kier alpha value is -3.09. The Morgan fingerprint density at radius 1 is 1.35 bits per heavy atom. The fraction of sp³-hybridized carbons (Fsp3) is 0.316. The number of aryl methyl sites for hydroxylation is 2. The van der Waals surface area contributed by atoms with Crippen LogP contribution in [-0.2, 0) is 13.6 Å². The van der Waals surface area contributed by atoms with Gasteiger partial charge in [-0.3, -0.25) is 4.98 Å². The molecule has 2 aromatic heterocycles. The number of carboxylic acids is 1. The monoisotopic (exact) mass is 354 g/mol. The molecule has 0 fully saturated rings. The molecule has 0 spiro atoms. The van der Waals surface area contributed by atoms with Crippen LogP contribution in [0.1, 0.15) is 27.2 Å². The average Bonchev–Trinajstić information content (AvgIpc) is 2.94. The maximum Gasteiger partial charge on any atom is 0.335 e. The van der Waals surface area contributed by atoms with Crippen LogP contribution in [0.15, 0.2) is 24.4 Å². The Bertz CT molecular complexity index is 994. The number of nitrogens with zero attached hydrogens (tertiary/aromatic N) is 4. The Morgan fingerprint density at radius 3 is 2.73 bits per heavy atom. The van der Waals surface area contributed by atoms with Gasteiger partial charge in [-0.1, -0.05) is 0 Å². The van der Waals surface area contributed by atoms with Crippen LogP contribution in [0.4, 0.5) is 5.95 Å². The summed E-state index contributed by atoms with van der Waals surface area (Å²) in [6.07, 6.45) is 1.81. The lowest BCUT2D eigenvalue weighted by Crippen LogP contribution is -2.21. The van der Waals surface area contributed by atoms with Crippen molar-refractivity contribution >= 4 is 23.0 Å². The third-order valence-electron chi connectivity index (χ3n) is 4.58. The summed E-state index contributed by atoms with van der Waals surface area (Å²) in [4.78, 5) is 22.3. The number of aromatic carboxylic acids is 1. The van der Waals surface area contributed by atoms with Crippen molar-refractivity contribution in [3.63, 3.8) is 0 Å². The van der Waals surface area contributed by atoms with E-state index in [1.165, 1.54) is 0 Å². The standard InChI is InChI=1S/C19H22N4O3/c1-11-9-20-15(12(2)17(11)26-5)10-22(3)19-21-14-8-13(18(24)25)6-7-16(14)23(19)4/h6-9H,10H2,1-5H3,(H,24,25). The summed E-state index contributed by atoms with van der Waals surface area (Å²) in [6, 6.07) is 4.96. The van der Waals surface area contributed by atoms with Crippen molar-refractivity contribution in [3.05, 3.63) is 46.8 Å². The van der Waals surface area contributed by atoms with Gasteiger partial charge in [0.25, 0.3) is 0 Å². The van der Waals surface area contributed by atoms with Gasteiger partial charge < -0.3 is 19.3 Å². The first-order chi connectivity index (χ1) is 12.3. The van der Waals surface area contributed by atoms with Crippen molar-refractivity contribution < 1.29 is 14.6 Å². The van der Waals surface area contributed by atoms with Crippen molar-refractivity contribution in [2.45, 2.75) is 20.4 Å². The SMILES string of the molecule is COc1c(C)cnc(CN(C)c2nc3cc(C(=O)O)ccc3n2C)c1C. The molecule has 0 saturated heterocycles. The number of fused-ring (bicyclic) bond motifs is 1. The summed E-state index contributed by atoms with van der Waals surface area (Å²) < 4.78 is 7.42. The second-order valence-electron chi connectivity index (χ2n) is 6.38. The van der Waals surface area contributed by atoms with Gasteiger partial charge in [0.1, 0.15) is 5.75 Å². The molecule has 2 heterocycles. The highest BCUT2D eigenvalue weighted by atomic mass is 16.5. The molecule has 0 aliphatic rings. The maximum atomic E-state index is 11.2. The number of benzene rings is 1. The van der Waals surface area contributed by atoms with Gasteiger partial charge in [0.2, 0.25) is 5.95 Å². The molecule has 7 nitrogen and oxygen atoms in total. The predicted octanol–water partition coefficient (Wildman–Crippen LogP) is 2.93. The molecule has 3 rings (SSSR count). The van der Waals surface area contributed by atoms with Gasteiger partial charge in [-0.2, -0.15) is 0 Å². The molecule has 7 heteroatoms. The molecule has 136 valence electrons. The van der Waals surface area contributed by atoms with Crippen molar-refractivity contribution in [2.24, 2.45) is 7.05 Å². The number of carboxylic acid groups (broad SMARTS) is 1. The van der Waals surface area contributed by atoms with E-state index in [9.17, 15) is 4.79 Å². The van der Waals surface area contributed by atoms with E-state index in [0.29, 0.717) is 12.1 Å². The zero-order valence-corrected chi connectivity index (χ0v) is 15.6. The van der Waals surface area contributed by atoms with Gasteiger partial charge in [-0.25, -0.2) is 9.78 Å². The molecule has 0 atom stereocenters. The fourth-order valence-corrected chi connectivity index (χ4v) is 3.19. The van der Waals surface area contributed by atoms with Gasteiger partial charge in [-0.15, -0.1) is 0 Å². The van der Waals surface area contributed by atoms with E-state index in [4.69, 9.17) is 9.84 Å². The van der Waals surface area contributed by atoms with Crippen LogP contribution in [0.25, 0.3) is 11.0 Å². The highest BCUT2D eigenvalue weighted by Crippen LogP contribution is 2.27. The van der Waals surface area contributed by atoms with E-state index in [0.717, 1.165) is 34.0 Å². The molecule has 0 bridgehead atoms. The van der Waals surface area contributed by atoms with E-state index in [2.05, 4.69) is 9.97 Å². The first kappa shape index (κ1) is 17.7. The topological polar surface area (TPSA) is 80.5 Å². The number of hydrogen-bond donors (Lipinski definition) is 1. The van der Waals surface area contributed by atoms with E-state index < -0.39 is 5.97 Å². The molecule has 26 heavy (non-hydrogen) atoms. The van der Waals surface area contributed by atoms with E-state index in [1.807, 2.05) is 43.6 Å². The number of pyridine rings is 1. The first-order valence-corrected chi connectivity index (χ1v) is 8.23. The van der Waals surface area contributed by atoms with Crippen LogP contribution in [0, 0.1) is 13.8 Å². The smallest absolute Gasteiger partial charge is 0.335 e. The summed E-state index contributed by atoms with van der Waals surface area (Å²) in [7, 11) is 5.51. The van der Waals surface area contributed by atoms with Gasteiger partial charge in [0.15, 0.2) is 0 Å². The highest BCUT2D eigenvalue weighted by Gasteiger charge is 2.17. The molecule has 3 aromatic rings. The van der Waals surface area contributed by atoms with Crippen molar-refractivity contribution in [1.82, 2.24) is 14.5 Å². The van der Waals surface area contributed by atoms with Gasteiger partial charge in [0, 0.05) is 31.4 Å². The molecule has 0 aliphatic carbocycles. The van der Waals surface area contributed by atoms with Crippen molar-refractivity contribution in [3.8, 4) is 5.75 Å². The zero-order valence-electron chi connectivity index (χ0n) is 15.6. The molecule has 0 unspecified atom stereocenters. The summed E-state index contributed by atoms with van der Waals surface area (Å²) in [5.74, 6) is 0.627. The average molecular weight is 354 g/mol. The molecule has 0 saturated carbocycles. The van der Waals surface area contributed by atoms with Crippen LogP contribution >= 0.6 is 0 Å². The summed E-state index contributed by atoms with van der Waals surface area (Å²) >= 11 is 0. The second kappa shape index (κ2) is 6.67.